The minimum absolute atomic E-state index is 0.212. The number of hydrogen-bond acceptors (Lipinski definition) is 2. The predicted molar refractivity (Wildman–Crippen MR) is 73.7 cm³/mol. The van der Waals surface area contributed by atoms with E-state index in [0.29, 0.717) is 5.02 Å². The molecule has 4 nitrogen and oxygen atoms in total. The van der Waals surface area contributed by atoms with Gasteiger partial charge < -0.3 is 11.1 Å². The van der Waals surface area contributed by atoms with E-state index in [-0.39, 0.29) is 5.11 Å². The van der Waals surface area contributed by atoms with Crippen LogP contribution in [0.5, 0.6) is 0 Å². The van der Waals surface area contributed by atoms with Crippen LogP contribution in [0, 0.1) is 6.92 Å². The number of nitrogens with one attached hydrogen (secondary N) is 1. The lowest BCUT2D eigenvalue weighted by Crippen LogP contribution is -2.18. The van der Waals surface area contributed by atoms with Gasteiger partial charge in [-0.1, -0.05) is 11.6 Å². The molecule has 88 valence electrons. The molecular weight excluding hydrogens is 256 g/mol. The molecule has 17 heavy (non-hydrogen) atoms. The van der Waals surface area contributed by atoms with Crippen molar-refractivity contribution in [3.05, 3.63) is 41.2 Å². The fourth-order valence-electron chi connectivity index (χ4n) is 1.46. The highest BCUT2D eigenvalue weighted by Crippen LogP contribution is 2.23. The number of anilines is 1. The Kier molecular flexibility index (Phi) is 3.31. The van der Waals surface area contributed by atoms with E-state index in [1.807, 2.05) is 31.3 Å². The zero-order valence-corrected chi connectivity index (χ0v) is 10.7. The molecular formula is C11H11ClN4S. The predicted octanol–water partition coefficient (Wildman–Crippen LogP) is 2.49. The van der Waals surface area contributed by atoms with Crippen LogP contribution in [0.2, 0.25) is 5.02 Å². The van der Waals surface area contributed by atoms with Crippen molar-refractivity contribution in [1.29, 1.82) is 0 Å². The van der Waals surface area contributed by atoms with Gasteiger partial charge in [0.25, 0.3) is 0 Å². The zero-order chi connectivity index (χ0) is 12.4. The fraction of sp³-hybridized carbons (Fsp3) is 0.0909. The van der Waals surface area contributed by atoms with Crippen LogP contribution in [0.1, 0.15) is 5.69 Å². The monoisotopic (exact) mass is 266 g/mol. The van der Waals surface area contributed by atoms with E-state index in [2.05, 4.69) is 10.4 Å². The van der Waals surface area contributed by atoms with Crippen LogP contribution in [0.3, 0.4) is 0 Å². The van der Waals surface area contributed by atoms with Gasteiger partial charge in [0, 0.05) is 11.9 Å². The van der Waals surface area contributed by atoms with Crippen LogP contribution in [0.4, 0.5) is 5.69 Å². The van der Waals surface area contributed by atoms with Gasteiger partial charge in [-0.05, 0) is 43.4 Å². The Labute approximate surface area is 109 Å². The Hall–Kier alpha value is -1.59. The highest BCUT2D eigenvalue weighted by atomic mass is 35.5. The third-order valence-corrected chi connectivity index (χ3v) is 2.59. The van der Waals surface area contributed by atoms with Gasteiger partial charge in [0.05, 0.1) is 16.4 Å². The molecule has 0 unspecified atom stereocenters. The summed E-state index contributed by atoms with van der Waals surface area (Å²) in [6.07, 6.45) is 1.86. The number of aryl methyl sites for hydroxylation is 1. The van der Waals surface area contributed by atoms with Crippen molar-refractivity contribution in [2.45, 2.75) is 6.92 Å². The third-order valence-electron chi connectivity index (χ3n) is 2.18. The molecule has 0 saturated carbocycles. The maximum absolute atomic E-state index is 6.17. The standard InChI is InChI=1S/C11H11ClN4S/c1-7-4-5-16(15-7)10-3-2-8(6-9(10)12)14-11(13)17/h2-6H,1H3,(H3,13,14,17). The van der Waals surface area contributed by atoms with Gasteiger partial charge >= 0.3 is 0 Å². The maximum atomic E-state index is 6.17. The second-order valence-corrected chi connectivity index (χ2v) is 4.40. The van der Waals surface area contributed by atoms with Gasteiger partial charge in [-0.15, -0.1) is 0 Å². The van der Waals surface area contributed by atoms with Gasteiger partial charge in [0.15, 0.2) is 5.11 Å². The number of rotatable bonds is 2. The summed E-state index contributed by atoms with van der Waals surface area (Å²) in [5.74, 6) is 0. The van der Waals surface area contributed by atoms with Crippen molar-refractivity contribution >= 4 is 34.6 Å². The minimum atomic E-state index is 0.212. The third kappa shape index (κ3) is 2.75. The van der Waals surface area contributed by atoms with Crippen molar-refractivity contribution in [3.63, 3.8) is 0 Å². The summed E-state index contributed by atoms with van der Waals surface area (Å²) < 4.78 is 1.72. The van der Waals surface area contributed by atoms with E-state index in [1.54, 1.807) is 10.7 Å². The first-order valence-corrected chi connectivity index (χ1v) is 5.73. The summed E-state index contributed by atoms with van der Waals surface area (Å²) in [6.45, 7) is 1.92. The summed E-state index contributed by atoms with van der Waals surface area (Å²) in [5, 5.41) is 7.91. The second-order valence-electron chi connectivity index (χ2n) is 3.56. The lowest BCUT2D eigenvalue weighted by molar-refractivity contribution is 0.863. The number of benzene rings is 1. The van der Waals surface area contributed by atoms with E-state index in [0.717, 1.165) is 17.1 Å². The first kappa shape index (κ1) is 11.9. The van der Waals surface area contributed by atoms with E-state index < -0.39 is 0 Å². The van der Waals surface area contributed by atoms with E-state index in [4.69, 9.17) is 29.6 Å². The Morgan fingerprint density at radius 2 is 2.24 bits per heavy atom. The molecule has 0 saturated heterocycles. The molecule has 0 aliphatic rings. The van der Waals surface area contributed by atoms with Crippen LogP contribution in [-0.2, 0) is 0 Å². The van der Waals surface area contributed by atoms with Crippen LogP contribution < -0.4 is 11.1 Å². The Bertz CT molecular complexity index is 564. The molecule has 1 heterocycles. The lowest BCUT2D eigenvalue weighted by Gasteiger charge is -2.08. The quantitative estimate of drug-likeness (QED) is 0.820. The molecule has 0 aliphatic carbocycles. The topological polar surface area (TPSA) is 55.9 Å². The average Bonchev–Trinajstić information content (AvgIpc) is 2.64. The molecule has 0 aliphatic heterocycles. The number of halogens is 1. The number of nitrogens with two attached hydrogens (primary N) is 1. The lowest BCUT2D eigenvalue weighted by atomic mass is 10.3. The van der Waals surface area contributed by atoms with Crippen LogP contribution >= 0.6 is 23.8 Å². The van der Waals surface area contributed by atoms with Gasteiger partial charge in [-0.2, -0.15) is 5.10 Å². The van der Waals surface area contributed by atoms with Crippen molar-refractivity contribution in [1.82, 2.24) is 9.78 Å². The largest absolute Gasteiger partial charge is 0.376 e. The molecule has 6 heteroatoms. The Morgan fingerprint density at radius 1 is 1.47 bits per heavy atom. The molecule has 0 atom stereocenters. The van der Waals surface area contributed by atoms with Gasteiger partial charge in [0.1, 0.15) is 0 Å². The molecule has 0 bridgehead atoms. The molecule has 1 aromatic carbocycles. The normalized spacial score (nSPS) is 10.2. The summed E-state index contributed by atoms with van der Waals surface area (Å²) in [6, 6.07) is 7.37. The van der Waals surface area contributed by atoms with Crippen LogP contribution in [-0.4, -0.2) is 14.9 Å². The highest BCUT2D eigenvalue weighted by molar-refractivity contribution is 7.80. The smallest absolute Gasteiger partial charge is 0.168 e. The summed E-state index contributed by atoms with van der Waals surface area (Å²) in [4.78, 5) is 0. The molecule has 0 amide bonds. The molecule has 0 fully saturated rings. The first-order valence-electron chi connectivity index (χ1n) is 4.95. The van der Waals surface area contributed by atoms with Crippen molar-refractivity contribution in [2.75, 3.05) is 5.32 Å². The van der Waals surface area contributed by atoms with Crippen molar-refractivity contribution in [3.8, 4) is 5.69 Å². The Morgan fingerprint density at radius 3 is 2.76 bits per heavy atom. The molecule has 0 spiro atoms. The summed E-state index contributed by atoms with van der Waals surface area (Å²) in [5.41, 5.74) is 7.90. The molecule has 3 N–H and O–H groups in total. The van der Waals surface area contributed by atoms with E-state index in [9.17, 15) is 0 Å². The fourth-order valence-corrected chi connectivity index (χ4v) is 1.85. The van der Waals surface area contributed by atoms with Gasteiger partial charge in [0.2, 0.25) is 0 Å². The average molecular weight is 267 g/mol. The summed E-state index contributed by atoms with van der Waals surface area (Å²) in [7, 11) is 0. The SMILES string of the molecule is Cc1ccn(-c2ccc(NC(N)=S)cc2Cl)n1. The van der Waals surface area contributed by atoms with Crippen molar-refractivity contribution in [2.24, 2.45) is 5.73 Å². The second kappa shape index (κ2) is 4.73. The van der Waals surface area contributed by atoms with E-state index in [1.165, 1.54) is 0 Å². The van der Waals surface area contributed by atoms with Crippen LogP contribution in [0.25, 0.3) is 5.69 Å². The highest BCUT2D eigenvalue weighted by Gasteiger charge is 2.05. The van der Waals surface area contributed by atoms with Gasteiger partial charge in [-0.3, -0.25) is 0 Å². The van der Waals surface area contributed by atoms with Crippen LogP contribution in [0.15, 0.2) is 30.5 Å². The minimum Gasteiger partial charge on any atom is -0.376 e. The van der Waals surface area contributed by atoms with E-state index >= 15 is 0 Å². The number of aromatic nitrogens is 2. The Balaban J connectivity index is 2.34. The van der Waals surface area contributed by atoms with Crippen molar-refractivity contribution < 1.29 is 0 Å². The first-order chi connectivity index (χ1) is 8.06. The number of thiocarbonyl (C=S) groups is 1. The molecule has 1 aromatic heterocycles. The summed E-state index contributed by atoms with van der Waals surface area (Å²) >= 11 is 10.9. The molecule has 2 aromatic rings. The number of hydrogen-bond donors (Lipinski definition) is 2. The zero-order valence-electron chi connectivity index (χ0n) is 9.14. The molecule has 0 radical (unpaired) electrons. The number of nitrogens with zero attached hydrogens (tertiary/aromatic N) is 2. The maximum Gasteiger partial charge on any atom is 0.168 e. The molecule has 2 rings (SSSR count). The van der Waals surface area contributed by atoms with Gasteiger partial charge in [-0.25, -0.2) is 4.68 Å².